The van der Waals surface area contributed by atoms with Crippen molar-refractivity contribution in [2.75, 3.05) is 0 Å². The SMILES string of the molecule is Bc1ccc(C(C)(C)C)cn1. The first-order valence-electron chi connectivity index (χ1n) is 3.93. The molecule has 0 N–H and O–H groups in total. The summed E-state index contributed by atoms with van der Waals surface area (Å²) < 4.78 is 0. The van der Waals surface area contributed by atoms with Crippen LogP contribution in [0.25, 0.3) is 0 Å². The summed E-state index contributed by atoms with van der Waals surface area (Å²) >= 11 is 0. The van der Waals surface area contributed by atoms with Gasteiger partial charge in [0, 0.05) is 6.20 Å². The van der Waals surface area contributed by atoms with E-state index in [1.54, 1.807) is 0 Å². The smallest absolute Gasteiger partial charge is 0.163 e. The minimum absolute atomic E-state index is 0.223. The first-order chi connectivity index (χ1) is 5.00. The van der Waals surface area contributed by atoms with Crippen molar-refractivity contribution in [1.29, 1.82) is 0 Å². The highest BCUT2D eigenvalue weighted by Crippen LogP contribution is 2.19. The van der Waals surface area contributed by atoms with Crippen LogP contribution in [0.3, 0.4) is 0 Å². The lowest BCUT2D eigenvalue weighted by atomic mass is 9.87. The van der Waals surface area contributed by atoms with Crippen LogP contribution in [0.1, 0.15) is 26.3 Å². The van der Waals surface area contributed by atoms with E-state index in [0.717, 1.165) is 5.59 Å². The molecule has 1 aromatic heterocycles. The fraction of sp³-hybridized carbons (Fsp3) is 0.444. The zero-order chi connectivity index (χ0) is 8.48. The third-order valence-electron chi connectivity index (χ3n) is 1.78. The Balaban J connectivity index is 2.99. The summed E-state index contributed by atoms with van der Waals surface area (Å²) in [6.45, 7) is 6.58. The van der Waals surface area contributed by atoms with Crippen molar-refractivity contribution in [1.82, 2.24) is 4.98 Å². The standard InChI is InChI=1S/C9H14BN/c1-9(2,3)7-4-5-8(10)11-6-7/h4-6H,10H2,1-3H3. The molecule has 0 amide bonds. The minimum Gasteiger partial charge on any atom is -0.272 e. The molecule has 2 heteroatoms. The van der Waals surface area contributed by atoms with Crippen molar-refractivity contribution in [3.05, 3.63) is 23.9 Å². The van der Waals surface area contributed by atoms with E-state index in [0.29, 0.717) is 0 Å². The van der Waals surface area contributed by atoms with Gasteiger partial charge < -0.3 is 0 Å². The zero-order valence-electron chi connectivity index (χ0n) is 7.68. The summed E-state index contributed by atoms with van der Waals surface area (Å²) in [6, 6.07) is 4.20. The Morgan fingerprint density at radius 3 is 2.27 bits per heavy atom. The third kappa shape index (κ3) is 2.07. The predicted molar refractivity (Wildman–Crippen MR) is 51.1 cm³/mol. The molecule has 0 atom stereocenters. The lowest BCUT2D eigenvalue weighted by molar-refractivity contribution is 0.588. The maximum absolute atomic E-state index is 4.25. The van der Waals surface area contributed by atoms with E-state index in [9.17, 15) is 0 Å². The van der Waals surface area contributed by atoms with Crippen LogP contribution in [0.5, 0.6) is 0 Å². The molecular weight excluding hydrogens is 133 g/mol. The number of hydrogen-bond donors (Lipinski definition) is 0. The summed E-state index contributed by atoms with van der Waals surface area (Å²) in [5, 5.41) is 0. The number of pyridine rings is 1. The van der Waals surface area contributed by atoms with Gasteiger partial charge in [0.15, 0.2) is 7.85 Å². The van der Waals surface area contributed by atoms with Crippen molar-refractivity contribution < 1.29 is 0 Å². The number of rotatable bonds is 0. The minimum atomic E-state index is 0.223. The summed E-state index contributed by atoms with van der Waals surface area (Å²) in [6.07, 6.45) is 1.95. The van der Waals surface area contributed by atoms with Crippen molar-refractivity contribution in [2.45, 2.75) is 26.2 Å². The van der Waals surface area contributed by atoms with Gasteiger partial charge >= 0.3 is 0 Å². The van der Waals surface area contributed by atoms with E-state index >= 15 is 0 Å². The van der Waals surface area contributed by atoms with Gasteiger partial charge in [0.05, 0.1) is 0 Å². The van der Waals surface area contributed by atoms with Crippen LogP contribution in [0.4, 0.5) is 0 Å². The predicted octanol–water partition coefficient (Wildman–Crippen LogP) is 0.637. The van der Waals surface area contributed by atoms with Crippen LogP contribution in [-0.4, -0.2) is 12.8 Å². The van der Waals surface area contributed by atoms with Gasteiger partial charge in [-0.25, -0.2) is 0 Å². The molecule has 0 aliphatic heterocycles. The summed E-state index contributed by atoms with van der Waals surface area (Å²) in [7, 11) is 2.01. The molecule has 1 heterocycles. The van der Waals surface area contributed by atoms with Crippen LogP contribution in [0.2, 0.25) is 0 Å². The van der Waals surface area contributed by atoms with Gasteiger partial charge in [-0.3, -0.25) is 4.98 Å². The fourth-order valence-corrected chi connectivity index (χ4v) is 0.911. The van der Waals surface area contributed by atoms with E-state index in [1.807, 2.05) is 14.0 Å². The average Bonchev–Trinajstić information content (AvgIpc) is 1.86. The lowest BCUT2D eigenvalue weighted by Crippen LogP contribution is -2.15. The molecule has 0 saturated heterocycles. The maximum atomic E-state index is 4.25. The van der Waals surface area contributed by atoms with Crippen LogP contribution in [0, 0.1) is 0 Å². The second kappa shape index (κ2) is 2.69. The van der Waals surface area contributed by atoms with Gasteiger partial charge in [-0.05, 0) is 16.6 Å². The van der Waals surface area contributed by atoms with Crippen LogP contribution in [-0.2, 0) is 5.41 Å². The molecule has 0 radical (unpaired) electrons. The molecule has 0 bridgehead atoms. The van der Waals surface area contributed by atoms with E-state index in [-0.39, 0.29) is 5.41 Å². The molecule has 11 heavy (non-hydrogen) atoms. The largest absolute Gasteiger partial charge is 0.272 e. The molecule has 0 saturated carbocycles. The lowest BCUT2D eigenvalue weighted by Gasteiger charge is -2.18. The Bertz CT molecular complexity index is 233. The Hall–Kier alpha value is -0.785. The second-order valence-electron chi connectivity index (χ2n) is 3.94. The molecule has 0 spiro atoms. The van der Waals surface area contributed by atoms with Crippen LogP contribution < -0.4 is 5.59 Å². The highest BCUT2D eigenvalue weighted by molar-refractivity contribution is 6.30. The topological polar surface area (TPSA) is 12.9 Å². The number of hydrogen-bond acceptors (Lipinski definition) is 1. The quantitative estimate of drug-likeness (QED) is 0.490. The molecular formula is C9H14BN. The Morgan fingerprint density at radius 1 is 1.27 bits per heavy atom. The van der Waals surface area contributed by atoms with Gasteiger partial charge in [0.2, 0.25) is 0 Å². The highest BCUT2D eigenvalue weighted by atomic mass is 14.6. The molecule has 0 unspecified atom stereocenters. The monoisotopic (exact) mass is 147 g/mol. The number of nitrogens with zero attached hydrogens (tertiary/aromatic N) is 1. The van der Waals surface area contributed by atoms with Crippen molar-refractivity contribution >= 4 is 13.4 Å². The molecule has 0 aromatic carbocycles. The van der Waals surface area contributed by atoms with Gasteiger partial charge in [0.25, 0.3) is 0 Å². The van der Waals surface area contributed by atoms with Crippen molar-refractivity contribution in [3.63, 3.8) is 0 Å². The first-order valence-corrected chi connectivity index (χ1v) is 3.93. The molecule has 1 aromatic rings. The maximum Gasteiger partial charge on any atom is 0.163 e. The molecule has 58 valence electrons. The molecule has 1 nitrogen and oxygen atoms in total. The Morgan fingerprint density at radius 2 is 1.91 bits per heavy atom. The van der Waals surface area contributed by atoms with Gasteiger partial charge in [0.1, 0.15) is 0 Å². The Kier molecular flexibility index (Phi) is 2.03. The summed E-state index contributed by atoms with van der Waals surface area (Å²) in [4.78, 5) is 4.25. The molecule has 0 aliphatic carbocycles. The van der Waals surface area contributed by atoms with E-state index < -0.39 is 0 Å². The van der Waals surface area contributed by atoms with Crippen molar-refractivity contribution in [3.8, 4) is 0 Å². The Labute approximate surface area is 69.3 Å². The zero-order valence-corrected chi connectivity index (χ0v) is 7.68. The third-order valence-corrected chi connectivity index (χ3v) is 1.78. The van der Waals surface area contributed by atoms with E-state index in [2.05, 4.69) is 37.9 Å². The van der Waals surface area contributed by atoms with Gasteiger partial charge in [-0.1, -0.05) is 32.9 Å². The summed E-state index contributed by atoms with van der Waals surface area (Å²) in [5.74, 6) is 0. The molecule has 0 fully saturated rings. The van der Waals surface area contributed by atoms with E-state index in [1.165, 1.54) is 5.56 Å². The van der Waals surface area contributed by atoms with E-state index in [4.69, 9.17) is 0 Å². The molecule has 0 aliphatic rings. The average molecular weight is 147 g/mol. The van der Waals surface area contributed by atoms with Crippen molar-refractivity contribution in [2.24, 2.45) is 0 Å². The number of aromatic nitrogens is 1. The second-order valence-corrected chi connectivity index (χ2v) is 3.94. The fourth-order valence-electron chi connectivity index (χ4n) is 0.911. The molecule has 1 rings (SSSR count). The normalized spacial score (nSPS) is 11.5. The first kappa shape index (κ1) is 8.31. The van der Waals surface area contributed by atoms with Gasteiger partial charge in [-0.2, -0.15) is 0 Å². The van der Waals surface area contributed by atoms with Gasteiger partial charge in [-0.15, -0.1) is 0 Å². The highest BCUT2D eigenvalue weighted by Gasteiger charge is 2.12. The summed E-state index contributed by atoms with van der Waals surface area (Å²) in [5.41, 5.74) is 2.60. The van der Waals surface area contributed by atoms with Crippen LogP contribution >= 0.6 is 0 Å². The van der Waals surface area contributed by atoms with Crippen LogP contribution in [0.15, 0.2) is 18.3 Å².